The van der Waals surface area contributed by atoms with E-state index in [4.69, 9.17) is 14.2 Å². The lowest BCUT2D eigenvalue weighted by Crippen LogP contribution is -2.47. The Bertz CT molecular complexity index is 700. The molecule has 8 heteroatoms. The maximum atomic E-state index is 6.17. The minimum Gasteiger partial charge on any atom is -0.378 e. The number of halogens is 1. The van der Waals surface area contributed by atoms with Crippen molar-refractivity contribution in [3.05, 3.63) is 29.8 Å². The van der Waals surface area contributed by atoms with Gasteiger partial charge in [-0.25, -0.2) is 0 Å². The van der Waals surface area contributed by atoms with Crippen LogP contribution in [0.1, 0.15) is 37.7 Å². The summed E-state index contributed by atoms with van der Waals surface area (Å²) in [6.45, 7) is 7.85. The minimum atomic E-state index is 0. The number of benzene rings is 1. The molecule has 0 saturated carbocycles. The van der Waals surface area contributed by atoms with Gasteiger partial charge in [-0.2, -0.15) is 0 Å². The Morgan fingerprint density at radius 1 is 1.06 bits per heavy atom. The highest BCUT2D eigenvalue weighted by Crippen LogP contribution is 2.22. The van der Waals surface area contributed by atoms with Gasteiger partial charge in [0.15, 0.2) is 5.96 Å². The van der Waals surface area contributed by atoms with Crippen LogP contribution in [0.5, 0.6) is 0 Å². The predicted octanol–water partition coefficient (Wildman–Crippen LogP) is 3.27. The molecule has 32 heavy (non-hydrogen) atoms. The zero-order chi connectivity index (χ0) is 21.3. The number of nitrogens with one attached hydrogen (secondary N) is 1. The van der Waals surface area contributed by atoms with Crippen molar-refractivity contribution in [2.24, 2.45) is 4.99 Å². The van der Waals surface area contributed by atoms with Gasteiger partial charge < -0.3 is 29.3 Å². The number of hydrogen-bond donors (Lipinski definition) is 1. The van der Waals surface area contributed by atoms with Crippen LogP contribution in [0.25, 0.3) is 0 Å². The van der Waals surface area contributed by atoms with Gasteiger partial charge in [-0.05, 0) is 43.7 Å². The molecule has 3 aliphatic rings. The van der Waals surface area contributed by atoms with Crippen molar-refractivity contribution in [2.45, 2.75) is 50.9 Å². The summed E-state index contributed by atoms with van der Waals surface area (Å²) in [4.78, 5) is 9.32. The maximum absolute atomic E-state index is 6.17. The molecule has 1 unspecified atom stereocenters. The van der Waals surface area contributed by atoms with E-state index in [1.54, 1.807) is 0 Å². The third-order valence-electron chi connectivity index (χ3n) is 6.53. The van der Waals surface area contributed by atoms with E-state index in [0.717, 1.165) is 84.4 Å². The molecule has 0 aliphatic carbocycles. The van der Waals surface area contributed by atoms with Crippen molar-refractivity contribution in [2.75, 3.05) is 64.6 Å². The summed E-state index contributed by atoms with van der Waals surface area (Å²) in [6, 6.07) is 8.65. The third-order valence-corrected chi connectivity index (χ3v) is 6.53. The van der Waals surface area contributed by atoms with Crippen molar-refractivity contribution >= 4 is 35.6 Å². The molecule has 4 rings (SSSR count). The van der Waals surface area contributed by atoms with Crippen molar-refractivity contribution in [3.8, 4) is 0 Å². The highest BCUT2D eigenvalue weighted by atomic mass is 127. The highest BCUT2D eigenvalue weighted by Gasteiger charge is 2.24. The summed E-state index contributed by atoms with van der Waals surface area (Å²) in [5.74, 6) is 0.978. The van der Waals surface area contributed by atoms with E-state index in [-0.39, 0.29) is 24.0 Å². The van der Waals surface area contributed by atoms with Gasteiger partial charge in [-0.1, -0.05) is 18.2 Å². The van der Waals surface area contributed by atoms with Crippen LogP contribution in [0.15, 0.2) is 29.3 Å². The van der Waals surface area contributed by atoms with Crippen molar-refractivity contribution in [1.29, 1.82) is 0 Å². The van der Waals surface area contributed by atoms with Gasteiger partial charge in [0.05, 0.1) is 32.0 Å². The van der Waals surface area contributed by atoms with E-state index in [1.807, 2.05) is 7.05 Å². The molecule has 180 valence electrons. The van der Waals surface area contributed by atoms with Crippen LogP contribution in [-0.2, 0) is 20.8 Å². The summed E-state index contributed by atoms with van der Waals surface area (Å²) in [5, 5.41) is 3.59. The van der Waals surface area contributed by atoms with E-state index in [1.165, 1.54) is 24.1 Å². The van der Waals surface area contributed by atoms with Crippen LogP contribution in [0.3, 0.4) is 0 Å². The summed E-state index contributed by atoms with van der Waals surface area (Å²) < 4.78 is 17.5. The zero-order valence-corrected chi connectivity index (χ0v) is 21.7. The number of hydrogen-bond acceptors (Lipinski definition) is 5. The largest absolute Gasteiger partial charge is 0.378 e. The van der Waals surface area contributed by atoms with E-state index in [2.05, 4.69) is 44.4 Å². The van der Waals surface area contributed by atoms with Crippen LogP contribution in [0, 0.1) is 0 Å². The summed E-state index contributed by atoms with van der Waals surface area (Å²) >= 11 is 0. The molecule has 3 aliphatic heterocycles. The number of piperidine rings is 1. The Morgan fingerprint density at radius 2 is 1.84 bits per heavy atom. The SMILES string of the molecule is CN=C(NCc1ccccc1N1CCOCC1)N1CCC(OCC2CCCCO2)CC1.I. The molecular weight excluding hydrogens is 519 g/mol. The molecule has 0 bridgehead atoms. The average Bonchev–Trinajstić information content (AvgIpc) is 2.85. The van der Waals surface area contributed by atoms with Crippen molar-refractivity contribution < 1.29 is 14.2 Å². The quantitative estimate of drug-likeness (QED) is 0.329. The topological polar surface area (TPSA) is 58.6 Å². The van der Waals surface area contributed by atoms with Gasteiger partial charge >= 0.3 is 0 Å². The van der Waals surface area contributed by atoms with Gasteiger partial charge in [0.1, 0.15) is 0 Å². The Balaban J connectivity index is 0.00000289. The number of nitrogens with zero attached hydrogens (tertiary/aromatic N) is 3. The lowest BCUT2D eigenvalue weighted by Gasteiger charge is -2.35. The Labute approximate surface area is 209 Å². The van der Waals surface area contributed by atoms with E-state index >= 15 is 0 Å². The van der Waals surface area contributed by atoms with Crippen LogP contribution < -0.4 is 10.2 Å². The van der Waals surface area contributed by atoms with Crippen molar-refractivity contribution in [3.63, 3.8) is 0 Å². The first-order valence-corrected chi connectivity index (χ1v) is 11.9. The second-order valence-corrected chi connectivity index (χ2v) is 8.64. The number of para-hydroxylation sites is 1. The fourth-order valence-electron chi connectivity index (χ4n) is 4.70. The summed E-state index contributed by atoms with van der Waals surface area (Å²) in [5.41, 5.74) is 2.60. The molecule has 1 aromatic rings. The number of anilines is 1. The van der Waals surface area contributed by atoms with Crippen LogP contribution in [0.2, 0.25) is 0 Å². The number of rotatable bonds is 6. The molecule has 7 nitrogen and oxygen atoms in total. The summed E-state index contributed by atoms with van der Waals surface area (Å²) in [6.07, 6.45) is 6.31. The Hall–Kier alpha value is -1.10. The first-order chi connectivity index (χ1) is 15.3. The molecule has 3 saturated heterocycles. The molecular formula is C24H39IN4O3. The zero-order valence-electron chi connectivity index (χ0n) is 19.3. The maximum Gasteiger partial charge on any atom is 0.193 e. The molecule has 1 atom stereocenters. The summed E-state index contributed by atoms with van der Waals surface area (Å²) in [7, 11) is 1.87. The van der Waals surface area contributed by atoms with Gasteiger partial charge in [0, 0.05) is 52.1 Å². The highest BCUT2D eigenvalue weighted by molar-refractivity contribution is 14.0. The number of aliphatic imine (C=N–C) groups is 1. The van der Waals surface area contributed by atoms with E-state index in [9.17, 15) is 0 Å². The van der Waals surface area contributed by atoms with E-state index < -0.39 is 0 Å². The average molecular weight is 559 g/mol. The number of guanidine groups is 1. The molecule has 1 aromatic carbocycles. The second kappa shape index (κ2) is 13.6. The van der Waals surface area contributed by atoms with Crippen LogP contribution in [-0.4, -0.2) is 82.7 Å². The third kappa shape index (κ3) is 7.20. The molecule has 0 spiro atoms. The van der Waals surface area contributed by atoms with Gasteiger partial charge in [0.25, 0.3) is 0 Å². The lowest BCUT2D eigenvalue weighted by atomic mass is 10.1. The first kappa shape index (κ1) is 25.5. The standard InChI is InChI=1S/C24H38N4O3.HI/c1-25-24(26-18-20-6-2-3-8-23(20)27-13-16-29-17-14-27)28-11-9-21(10-12-28)31-19-22-7-4-5-15-30-22;/h2-3,6,8,21-22H,4-5,7,9-19H2,1H3,(H,25,26);1H. The van der Waals surface area contributed by atoms with E-state index in [0.29, 0.717) is 12.2 Å². The molecule has 3 fully saturated rings. The molecule has 3 heterocycles. The van der Waals surface area contributed by atoms with Gasteiger partial charge in [-0.3, -0.25) is 4.99 Å². The predicted molar refractivity (Wildman–Crippen MR) is 139 cm³/mol. The molecule has 0 amide bonds. The first-order valence-electron chi connectivity index (χ1n) is 11.9. The van der Waals surface area contributed by atoms with Gasteiger partial charge in [-0.15, -0.1) is 24.0 Å². The minimum absolute atomic E-state index is 0. The normalized spacial score (nSPS) is 23.0. The van der Waals surface area contributed by atoms with Crippen molar-refractivity contribution in [1.82, 2.24) is 10.2 Å². The second-order valence-electron chi connectivity index (χ2n) is 8.64. The number of morpholine rings is 1. The number of ether oxygens (including phenoxy) is 3. The monoisotopic (exact) mass is 558 g/mol. The Morgan fingerprint density at radius 3 is 2.56 bits per heavy atom. The van der Waals surface area contributed by atoms with Crippen LogP contribution >= 0.6 is 24.0 Å². The molecule has 0 radical (unpaired) electrons. The van der Waals surface area contributed by atoms with Crippen LogP contribution in [0.4, 0.5) is 5.69 Å². The smallest absolute Gasteiger partial charge is 0.193 e. The lowest BCUT2D eigenvalue weighted by molar-refractivity contribution is -0.0721. The van der Waals surface area contributed by atoms with Gasteiger partial charge in [0.2, 0.25) is 0 Å². The molecule has 1 N–H and O–H groups in total. The Kier molecular flexibility index (Phi) is 10.8. The fourth-order valence-corrected chi connectivity index (χ4v) is 4.70. The molecule has 0 aromatic heterocycles. The fraction of sp³-hybridized carbons (Fsp3) is 0.708. The number of likely N-dealkylation sites (tertiary alicyclic amines) is 1.